The first-order valence-electron chi connectivity index (χ1n) is 7.03. The second-order valence-corrected chi connectivity index (χ2v) is 6.24. The molecule has 0 radical (unpaired) electrons. The van der Waals surface area contributed by atoms with E-state index in [-0.39, 0.29) is 0 Å². The van der Waals surface area contributed by atoms with E-state index in [1.54, 1.807) is 41.3 Å². The van der Waals surface area contributed by atoms with E-state index in [2.05, 4.69) is 15.0 Å². The van der Waals surface area contributed by atoms with Crippen molar-refractivity contribution in [3.63, 3.8) is 0 Å². The number of fused-ring (bicyclic) bond motifs is 1. The molecule has 0 spiro atoms. The summed E-state index contributed by atoms with van der Waals surface area (Å²) in [5.74, 6) is 0. The lowest BCUT2D eigenvalue weighted by molar-refractivity contribution is 1.09. The fraction of sp³-hybridized carbons (Fsp3) is 0. The van der Waals surface area contributed by atoms with E-state index in [9.17, 15) is 0 Å². The highest BCUT2D eigenvalue weighted by Crippen LogP contribution is 2.37. The molecule has 0 N–H and O–H groups in total. The van der Waals surface area contributed by atoms with Crippen LogP contribution in [0.1, 0.15) is 0 Å². The van der Waals surface area contributed by atoms with E-state index in [4.69, 9.17) is 34.8 Å². The second-order valence-electron chi connectivity index (χ2n) is 5.09. The van der Waals surface area contributed by atoms with Crippen LogP contribution in [0.25, 0.3) is 28.0 Å². The summed E-state index contributed by atoms with van der Waals surface area (Å²) in [5, 5.41) is 1.29. The molecule has 7 heteroatoms. The number of nitrogens with zero attached hydrogens (tertiary/aromatic N) is 4. The molecule has 3 heterocycles. The Morgan fingerprint density at radius 3 is 2.38 bits per heavy atom. The molecule has 0 aliphatic heterocycles. The highest BCUT2D eigenvalue weighted by molar-refractivity contribution is 6.42. The van der Waals surface area contributed by atoms with Gasteiger partial charge in [0.1, 0.15) is 5.65 Å². The van der Waals surface area contributed by atoms with Gasteiger partial charge in [0.25, 0.3) is 0 Å². The van der Waals surface area contributed by atoms with E-state index in [0.717, 1.165) is 16.7 Å². The molecule has 1 aromatic carbocycles. The van der Waals surface area contributed by atoms with Gasteiger partial charge in [-0.05, 0) is 41.4 Å². The van der Waals surface area contributed by atoms with Gasteiger partial charge in [-0.25, -0.2) is 9.97 Å². The molecule has 0 fully saturated rings. The van der Waals surface area contributed by atoms with Crippen LogP contribution in [0.15, 0.2) is 55.1 Å². The molecule has 4 rings (SSSR count). The molecule has 0 amide bonds. The fourth-order valence-electron chi connectivity index (χ4n) is 2.58. The lowest BCUT2D eigenvalue weighted by Crippen LogP contribution is -1.98. The second kappa shape index (κ2) is 6.06. The van der Waals surface area contributed by atoms with Crippen LogP contribution in [0.4, 0.5) is 0 Å². The number of rotatable bonds is 2. The molecule has 0 aliphatic rings. The van der Waals surface area contributed by atoms with Crippen molar-refractivity contribution in [1.82, 2.24) is 19.4 Å². The van der Waals surface area contributed by atoms with Crippen molar-refractivity contribution in [2.24, 2.45) is 0 Å². The fourth-order valence-corrected chi connectivity index (χ4v) is 3.10. The van der Waals surface area contributed by atoms with Crippen molar-refractivity contribution in [2.45, 2.75) is 0 Å². The van der Waals surface area contributed by atoms with E-state index in [1.807, 2.05) is 18.2 Å². The van der Waals surface area contributed by atoms with Crippen molar-refractivity contribution in [1.29, 1.82) is 0 Å². The molecule has 4 aromatic rings. The van der Waals surface area contributed by atoms with E-state index < -0.39 is 0 Å². The maximum atomic E-state index is 6.32. The van der Waals surface area contributed by atoms with Crippen LogP contribution < -0.4 is 0 Å². The Labute approximate surface area is 152 Å². The Kier molecular flexibility index (Phi) is 3.88. The number of pyridine rings is 1. The smallest absolute Gasteiger partial charge is 0.209 e. The minimum absolute atomic E-state index is 0.332. The molecule has 24 heavy (non-hydrogen) atoms. The van der Waals surface area contributed by atoms with Gasteiger partial charge in [-0.2, -0.15) is 0 Å². The standard InChI is InChI=1S/C17H9Cl3N4/c18-12-2-1-11(9-13(12)19)14-15(10-3-5-21-6-4-10)23-17(20)24-8-7-22-16(14)24/h1-9H. The third kappa shape index (κ3) is 2.53. The predicted molar refractivity (Wildman–Crippen MR) is 96.7 cm³/mol. The summed E-state index contributed by atoms with van der Waals surface area (Å²) in [7, 11) is 0. The molecule has 0 aliphatic carbocycles. The lowest BCUT2D eigenvalue weighted by atomic mass is 10.0. The van der Waals surface area contributed by atoms with Gasteiger partial charge >= 0.3 is 0 Å². The van der Waals surface area contributed by atoms with Crippen molar-refractivity contribution in [3.8, 4) is 22.4 Å². The van der Waals surface area contributed by atoms with Crippen molar-refractivity contribution < 1.29 is 0 Å². The van der Waals surface area contributed by atoms with Crippen LogP contribution in [-0.2, 0) is 0 Å². The Hall–Kier alpha value is -2.14. The van der Waals surface area contributed by atoms with Gasteiger partial charge in [-0.3, -0.25) is 9.38 Å². The SMILES string of the molecule is Clc1ccc(-c2c(-c3ccncc3)nc(Cl)n3ccnc23)cc1Cl. The average Bonchev–Trinajstić information content (AvgIpc) is 3.08. The van der Waals surface area contributed by atoms with Gasteiger partial charge < -0.3 is 0 Å². The van der Waals surface area contributed by atoms with Crippen LogP contribution in [0.2, 0.25) is 15.3 Å². The lowest BCUT2D eigenvalue weighted by Gasteiger charge is -2.12. The summed E-state index contributed by atoms with van der Waals surface area (Å²) in [5.41, 5.74) is 3.98. The summed E-state index contributed by atoms with van der Waals surface area (Å²) < 4.78 is 1.73. The average molecular weight is 376 g/mol. The summed E-state index contributed by atoms with van der Waals surface area (Å²) >= 11 is 18.6. The number of aromatic nitrogens is 4. The highest BCUT2D eigenvalue weighted by Gasteiger charge is 2.18. The minimum Gasteiger partial charge on any atom is -0.274 e. The first-order chi connectivity index (χ1) is 11.6. The zero-order chi connectivity index (χ0) is 16.7. The van der Waals surface area contributed by atoms with E-state index in [0.29, 0.717) is 26.7 Å². The third-order valence-electron chi connectivity index (χ3n) is 3.67. The van der Waals surface area contributed by atoms with Crippen molar-refractivity contribution >= 4 is 40.4 Å². The molecule has 118 valence electrons. The summed E-state index contributed by atoms with van der Waals surface area (Å²) in [6.07, 6.45) is 6.86. The zero-order valence-electron chi connectivity index (χ0n) is 12.1. The Balaban J connectivity index is 2.10. The normalized spacial score (nSPS) is 11.1. The van der Waals surface area contributed by atoms with Gasteiger partial charge in [-0.15, -0.1) is 0 Å². The Morgan fingerprint density at radius 2 is 1.62 bits per heavy atom. The van der Waals surface area contributed by atoms with Gasteiger partial charge in [0, 0.05) is 30.4 Å². The topological polar surface area (TPSA) is 43.1 Å². The van der Waals surface area contributed by atoms with Crippen LogP contribution >= 0.6 is 34.8 Å². The zero-order valence-corrected chi connectivity index (χ0v) is 14.4. The van der Waals surface area contributed by atoms with E-state index in [1.165, 1.54) is 0 Å². The molecular weight excluding hydrogens is 367 g/mol. The summed E-state index contributed by atoms with van der Waals surface area (Å²) in [6.45, 7) is 0. The highest BCUT2D eigenvalue weighted by atomic mass is 35.5. The molecule has 3 aromatic heterocycles. The number of hydrogen-bond donors (Lipinski definition) is 0. The van der Waals surface area contributed by atoms with Gasteiger partial charge in [-0.1, -0.05) is 29.3 Å². The quantitative estimate of drug-likeness (QED) is 0.439. The first-order valence-corrected chi connectivity index (χ1v) is 8.17. The van der Waals surface area contributed by atoms with Crippen LogP contribution in [0.3, 0.4) is 0 Å². The number of imidazole rings is 1. The number of halogens is 3. The van der Waals surface area contributed by atoms with Gasteiger partial charge in [0.05, 0.1) is 21.3 Å². The maximum Gasteiger partial charge on any atom is 0.209 e. The largest absolute Gasteiger partial charge is 0.274 e. The Morgan fingerprint density at radius 1 is 0.833 bits per heavy atom. The van der Waals surface area contributed by atoms with Crippen LogP contribution in [-0.4, -0.2) is 19.4 Å². The predicted octanol–water partition coefficient (Wildman–Crippen LogP) is 5.42. The number of hydrogen-bond acceptors (Lipinski definition) is 3. The van der Waals surface area contributed by atoms with Crippen molar-refractivity contribution in [3.05, 3.63) is 70.4 Å². The molecule has 0 atom stereocenters. The summed E-state index contributed by atoms with van der Waals surface area (Å²) in [4.78, 5) is 13.1. The molecule has 0 saturated heterocycles. The van der Waals surface area contributed by atoms with Gasteiger partial charge in [0.15, 0.2) is 0 Å². The molecule has 0 bridgehead atoms. The van der Waals surface area contributed by atoms with Crippen LogP contribution in [0, 0.1) is 0 Å². The van der Waals surface area contributed by atoms with E-state index >= 15 is 0 Å². The monoisotopic (exact) mass is 374 g/mol. The molecular formula is C17H9Cl3N4. The molecule has 0 unspecified atom stereocenters. The Bertz CT molecular complexity index is 1040. The number of benzene rings is 1. The minimum atomic E-state index is 0.332. The van der Waals surface area contributed by atoms with Crippen LogP contribution in [0.5, 0.6) is 0 Å². The first kappa shape index (κ1) is 15.4. The third-order valence-corrected chi connectivity index (χ3v) is 4.67. The summed E-state index contributed by atoms with van der Waals surface area (Å²) in [6, 6.07) is 9.19. The molecule has 0 saturated carbocycles. The van der Waals surface area contributed by atoms with Gasteiger partial charge in [0.2, 0.25) is 5.28 Å². The molecule has 4 nitrogen and oxygen atoms in total. The maximum absolute atomic E-state index is 6.32. The van der Waals surface area contributed by atoms with Crippen molar-refractivity contribution in [2.75, 3.05) is 0 Å².